The maximum atomic E-state index is 13.0. The van der Waals surface area contributed by atoms with E-state index in [1.807, 2.05) is 132 Å². The van der Waals surface area contributed by atoms with E-state index in [0.29, 0.717) is 33.3 Å². The summed E-state index contributed by atoms with van der Waals surface area (Å²) in [5, 5.41) is -0.910. The number of fused-ring (bicyclic) bond motifs is 3. The van der Waals surface area contributed by atoms with Crippen LogP contribution in [0, 0.1) is 6.92 Å². The molecule has 0 fully saturated rings. The zero-order valence-electron chi connectivity index (χ0n) is 48.8. The fourth-order valence-electron chi connectivity index (χ4n) is 9.66. The van der Waals surface area contributed by atoms with Gasteiger partial charge in [0.2, 0.25) is 23.9 Å². The van der Waals surface area contributed by atoms with Gasteiger partial charge in [-0.3, -0.25) is 52.7 Å². The molecule has 12 aromatic heterocycles. The van der Waals surface area contributed by atoms with Crippen LogP contribution in [0.3, 0.4) is 0 Å². The molecular weight excluding hydrogens is 1260 g/mol. The van der Waals surface area contributed by atoms with Gasteiger partial charge in [-0.25, -0.2) is 0 Å². The van der Waals surface area contributed by atoms with Crippen LogP contribution in [-0.4, -0.2) is 77.6 Å². The smallest absolute Gasteiger partial charge is 0.294 e. The number of benzene rings is 1. The summed E-state index contributed by atoms with van der Waals surface area (Å²) in [5.74, 6) is -2.36. The van der Waals surface area contributed by atoms with Gasteiger partial charge >= 0.3 is 0 Å². The Labute approximate surface area is 534 Å². The fourth-order valence-corrected chi connectivity index (χ4v) is 10.1. The number of nitrogens with one attached hydrogen (secondary N) is 5. The van der Waals surface area contributed by atoms with Crippen molar-refractivity contribution in [2.24, 2.45) is 0 Å². The highest BCUT2D eigenvalue weighted by molar-refractivity contribution is 9.09. The molecule has 92 heavy (non-hydrogen) atoms. The first-order valence-electron chi connectivity index (χ1n) is 28.1. The number of hydrogen-bond acceptors (Lipinski definition) is 11. The highest BCUT2D eigenvalue weighted by atomic mass is 79.9. The number of aromatic amines is 5. The number of aromatic nitrogens is 9. The standard InChI is InChI=1S/C22H16N2O3.C15H9ClN2O3.C13H12N2O2.C13H10N2O.C7H6BrNO2/c25-19(13-15-7-2-1-3-8-15)21(26)20-18(17-10-6-11-23-22(17)27)14-16-9-4-5-12-24(16)20;16-14(20)13(19)12-11(10-5-3-6-17-15(10)21)8-9-4-1-2-7-18(9)12;1-10-5-2-3-8-15(10)9-12(16)11-6-4-7-14-13(11)17;16-13-12(5-3-6-14-13)10-8-11-4-1-2-7-15(11)9-10;8-4-6(10)5-2-1-3-9-7(5)11/h1-12,14H,13H2,(H,23,27);1-8H,(H,17,21);2-8H,9H2,1H3;1-9H,(H,14,16);1-3H,4H2,(H,9,11)/p+1. The Kier molecular flexibility index (Phi) is 21.4. The van der Waals surface area contributed by atoms with Crippen molar-refractivity contribution in [3.63, 3.8) is 0 Å². The summed E-state index contributed by atoms with van der Waals surface area (Å²) in [6.45, 7) is 2.10. The Morgan fingerprint density at radius 2 is 0.913 bits per heavy atom. The van der Waals surface area contributed by atoms with Crippen LogP contribution in [0.1, 0.15) is 53.0 Å². The number of halogens is 2. The van der Waals surface area contributed by atoms with Crippen molar-refractivity contribution >= 4 is 78.2 Å². The minimum Gasteiger partial charge on any atom is -0.329 e. The Morgan fingerprint density at radius 1 is 0.457 bits per heavy atom. The second-order valence-electron chi connectivity index (χ2n) is 20.1. The lowest BCUT2D eigenvalue weighted by molar-refractivity contribution is -0.689. The van der Waals surface area contributed by atoms with Crippen molar-refractivity contribution in [1.29, 1.82) is 0 Å². The second-order valence-corrected chi connectivity index (χ2v) is 21.0. The summed E-state index contributed by atoms with van der Waals surface area (Å²) in [5.41, 5.74) is 6.71. The summed E-state index contributed by atoms with van der Waals surface area (Å²) in [6, 6.07) is 53.5. The molecule has 1 aromatic carbocycles. The maximum Gasteiger partial charge on any atom is 0.294 e. The number of ketones is 5. The molecule has 22 heteroatoms. The van der Waals surface area contributed by atoms with Crippen molar-refractivity contribution in [3.05, 3.63) is 330 Å². The van der Waals surface area contributed by atoms with Crippen LogP contribution in [0.15, 0.2) is 268 Å². The van der Waals surface area contributed by atoms with Gasteiger partial charge in [0.25, 0.3) is 38.8 Å². The van der Waals surface area contributed by atoms with E-state index in [1.54, 1.807) is 106 Å². The number of H-pyrrole nitrogens is 5. The van der Waals surface area contributed by atoms with Gasteiger partial charge in [-0.1, -0.05) is 70.5 Å². The lowest BCUT2D eigenvalue weighted by Gasteiger charge is -2.06. The topological polar surface area (TPSA) is 284 Å². The molecule has 0 spiro atoms. The molecule has 0 aliphatic rings. The molecule has 0 saturated carbocycles. The minimum atomic E-state index is -1.09. The molecule has 0 aliphatic heterocycles. The summed E-state index contributed by atoms with van der Waals surface area (Å²) in [4.78, 5) is 143. The number of hydrogen-bond donors (Lipinski definition) is 5. The Bertz CT molecular complexity index is 5160. The first kappa shape index (κ1) is 64.7. The molecule has 5 N–H and O–H groups in total. The van der Waals surface area contributed by atoms with Gasteiger partial charge in [-0.05, 0) is 132 Å². The molecule has 0 unspecified atom stereocenters. The van der Waals surface area contributed by atoms with Crippen LogP contribution in [0.25, 0.3) is 49.9 Å². The number of alkyl halides is 1. The number of pyridine rings is 9. The number of carbonyl (C=O) groups excluding carboxylic acids is 6. The fraction of sp³-hybridized carbons (Fsp3) is 0.0571. The largest absolute Gasteiger partial charge is 0.329 e. The predicted molar refractivity (Wildman–Crippen MR) is 353 cm³/mol. The van der Waals surface area contributed by atoms with E-state index < -0.39 is 22.6 Å². The van der Waals surface area contributed by atoms with Crippen LogP contribution in [0.4, 0.5) is 0 Å². The lowest BCUT2D eigenvalue weighted by Crippen LogP contribution is -2.41. The zero-order valence-corrected chi connectivity index (χ0v) is 51.1. The monoisotopic (exact) mass is 1310 g/mol. The molecule has 0 radical (unpaired) electrons. The van der Waals surface area contributed by atoms with Crippen molar-refractivity contribution < 1.29 is 33.3 Å². The van der Waals surface area contributed by atoms with E-state index in [4.69, 9.17) is 11.6 Å². The van der Waals surface area contributed by atoms with Gasteiger partial charge in [-0.15, -0.1) is 0 Å². The van der Waals surface area contributed by atoms with E-state index in [9.17, 15) is 52.7 Å². The number of carbonyl (C=O) groups is 6. The normalized spacial score (nSPS) is 10.5. The van der Waals surface area contributed by atoms with Gasteiger partial charge in [0, 0.05) is 131 Å². The third-order valence-corrected chi connectivity index (χ3v) is 14.8. The molecule has 0 aliphatic carbocycles. The quantitative estimate of drug-likeness (QED) is 0.0225. The summed E-state index contributed by atoms with van der Waals surface area (Å²) < 4.78 is 7.02. The molecule has 0 atom stereocenters. The summed E-state index contributed by atoms with van der Waals surface area (Å²) in [7, 11) is 0. The Balaban J connectivity index is 0.000000140. The summed E-state index contributed by atoms with van der Waals surface area (Å²) in [6.07, 6.45) is 16.8. The van der Waals surface area contributed by atoms with E-state index in [-0.39, 0.29) is 80.2 Å². The predicted octanol–water partition coefficient (Wildman–Crippen LogP) is 9.63. The zero-order chi connectivity index (χ0) is 65.3. The molecule has 0 saturated heterocycles. The van der Waals surface area contributed by atoms with Crippen molar-refractivity contribution in [3.8, 4) is 33.4 Å². The lowest BCUT2D eigenvalue weighted by atomic mass is 10.00. The van der Waals surface area contributed by atoms with E-state index in [2.05, 4.69) is 40.8 Å². The molecule has 0 bridgehead atoms. The van der Waals surface area contributed by atoms with Crippen LogP contribution >= 0.6 is 27.5 Å². The molecule has 20 nitrogen and oxygen atoms in total. The summed E-state index contributed by atoms with van der Waals surface area (Å²) >= 11 is 8.31. The van der Waals surface area contributed by atoms with Crippen molar-refractivity contribution in [2.45, 2.75) is 19.9 Å². The molecule has 12 heterocycles. The first-order valence-corrected chi connectivity index (χ1v) is 29.6. The highest BCUT2D eigenvalue weighted by Crippen LogP contribution is 2.28. The number of rotatable bonds is 14. The number of Topliss-reactive ketones (excluding diaryl/α,β-unsaturated/α-hetero) is 5. The van der Waals surface area contributed by atoms with Gasteiger partial charge in [-0.2, -0.15) is 4.57 Å². The molecule has 13 rings (SSSR count). The Morgan fingerprint density at radius 3 is 1.40 bits per heavy atom. The first-order chi connectivity index (χ1) is 44.5. The third-order valence-electron chi connectivity index (χ3n) is 14.1. The van der Waals surface area contributed by atoms with Gasteiger partial charge in [0.1, 0.15) is 11.4 Å². The van der Waals surface area contributed by atoms with Crippen molar-refractivity contribution in [2.75, 3.05) is 5.33 Å². The van der Waals surface area contributed by atoms with Crippen LogP contribution in [0.2, 0.25) is 0 Å². The maximum absolute atomic E-state index is 13.0. The average molecular weight is 1310 g/mol. The van der Waals surface area contributed by atoms with E-state index in [0.717, 1.165) is 27.9 Å². The van der Waals surface area contributed by atoms with Crippen LogP contribution < -0.4 is 32.4 Å². The number of nitrogens with zero attached hydrogens (tertiary/aromatic N) is 4. The van der Waals surface area contributed by atoms with Crippen LogP contribution in [-0.2, 0) is 22.6 Å². The van der Waals surface area contributed by atoms with Crippen LogP contribution in [0.5, 0.6) is 0 Å². The van der Waals surface area contributed by atoms with Gasteiger partial charge in [0.05, 0.1) is 16.5 Å². The second kappa shape index (κ2) is 30.4. The average Bonchev–Trinajstić information content (AvgIpc) is 1.65. The van der Waals surface area contributed by atoms with Gasteiger partial charge < -0.3 is 38.1 Å². The minimum absolute atomic E-state index is 0.0182. The SMILES string of the molecule is Cc1cccc[n+]1CC(=O)c1ccc[nH]c1=O.O=C(CBr)c1ccc[nH]c1=O.O=C(Cc1ccccc1)C(=O)c1c(-c2ccc[nH]c2=O)cc2ccccn12.O=C(Cl)C(=O)c1c(-c2ccc[nH]c2=O)cc2ccccn12.O=c1[nH]cccc1-c1cc2ccccn2c1. The van der Waals surface area contributed by atoms with E-state index >= 15 is 0 Å². The highest BCUT2D eigenvalue weighted by Gasteiger charge is 2.27. The molecule has 0 amide bonds. The third kappa shape index (κ3) is 15.5. The molecular formula is C70H54BrClN9O11+. The molecule has 13 aromatic rings. The van der Waals surface area contributed by atoms with E-state index in [1.165, 1.54) is 30.9 Å². The number of aryl methyl sites for hydroxylation is 1. The Hall–Kier alpha value is -11.8. The van der Waals surface area contributed by atoms with Crippen molar-refractivity contribution in [1.82, 2.24) is 38.1 Å². The molecule has 458 valence electrons. The van der Waals surface area contributed by atoms with Gasteiger partial charge in [0.15, 0.2) is 17.7 Å².